The summed E-state index contributed by atoms with van der Waals surface area (Å²) in [5, 5.41) is 7.33. The van der Waals surface area contributed by atoms with Gasteiger partial charge in [0, 0.05) is 24.2 Å². The summed E-state index contributed by atoms with van der Waals surface area (Å²) >= 11 is 1.69. The number of aryl methyl sites for hydroxylation is 1. The van der Waals surface area contributed by atoms with E-state index in [0.29, 0.717) is 18.0 Å². The van der Waals surface area contributed by atoms with Crippen LogP contribution in [0.25, 0.3) is 11.0 Å². The van der Waals surface area contributed by atoms with Crippen molar-refractivity contribution in [3.8, 4) is 0 Å². The average Bonchev–Trinajstić information content (AvgIpc) is 3.16. The fourth-order valence-corrected chi connectivity index (χ4v) is 3.54. The summed E-state index contributed by atoms with van der Waals surface area (Å²) in [7, 11) is 1.85. The molecule has 0 unspecified atom stereocenters. The zero-order chi connectivity index (χ0) is 17.3. The van der Waals surface area contributed by atoms with Gasteiger partial charge in [-0.3, -0.25) is 4.79 Å². The van der Waals surface area contributed by atoms with Crippen molar-refractivity contribution in [2.24, 2.45) is 5.92 Å². The molecule has 0 bridgehead atoms. The molecule has 0 fully saturated rings. The smallest absolute Gasteiger partial charge is 0.254 e. The van der Waals surface area contributed by atoms with Gasteiger partial charge in [-0.2, -0.15) is 5.10 Å². The van der Waals surface area contributed by atoms with Crippen LogP contribution < -0.4 is 0 Å². The molecule has 0 aliphatic carbocycles. The number of rotatable bonds is 5. The molecule has 24 heavy (non-hydrogen) atoms. The fourth-order valence-electron chi connectivity index (χ4n) is 2.85. The largest absolute Gasteiger partial charge is 0.341 e. The van der Waals surface area contributed by atoms with Crippen LogP contribution in [-0.4, -0.2) is 39.2 Å². The molecule has 3 heterocycles. The Hall–Kier alpha value is -2.21. The number of carbonyl (C=O) groups excluding carboxylic acids is 1. The number of hydrogen-bond donors (Lipinski definition) is 0. The monoisotopic (exact) mass is 342 g/mol. The van der Waals surface area contributed by atoms with Crippen LogP contribution in [0.15, 0.2) is 29.8 Å². The highest BCUT2D eigenvalue weighted by atomic mass is 32.1. The minimum atomic E-state index is 0.0230. The summed E-state index contributed by atoms with van der Waals surface area (Å²) in [6.07, 6.45) is 1.76. The van der Waals surface area contributed by atoms with Crippen LogP contribution >= 0.6 is 11.3 Å². The maximum absolute atomic E-state index is 12.8. The van der Waals surface area contributed by atoms with E-state index in [9.17, 15) is 4.79 Å². The summed E-state index contributed by atoms with van der Waals surface area (Å²) < 4.78 is 1.87. The lowest BCUT2D eigenvalue weighted by molar-refractivity contribution is 0.0781. The van der Waals surface area contributed by atoms with Crippen molar-refractivity contribution in [3.63, 3.8) is 0 Å². The first-order valence-corrected chi connectivity index (χ1v) is 8.94. The minimum Gasteiger partial charge on any atom is -0.341 e. The number of carbonyl (C=O) groups is 1. The highest BCUT2D eigenvalue weighted by Crippen LogP contribution is 2.21. The number of nitrogens with zero attached hydrogens (tertiary/aromatic N) is 4. The molecule has 1 amide bonds. The predicted molar refractivity (Wildman–Crippen MR) is 97.5 cm³/mol. The van der Waals surface area contributed by atoms with Crippen molar-refractivity contribution in [1.82, 2.24) is 19.7 Å². The lowest BCUT2D eigenvalue weighted by atomic mass is 10.1. The standard InChI is InChI=1S/C18H22N4OS/c1-12(2)10-21(4)18(23)15-8-13(3)20-17-16(15)9-19-22(17)11-14-6-5-7-24-14/h5-9,12H,10-11H2,1-4H3. The maximum Gasteiger partial charge on any atom is 0.254 e. The second kappa shape index (κ2) is 6.73. The molecule has 3 rings (SSSR count). The SMILES string of the molecule is Cc1cc(C(=O)N(C)CC(C)C)c2cnn(Cc3cccs3)c2n1. The molecule has 0 radical (unpaired) electrons. The van der Waals surface area contributed by atoms with Crippen LogP contribution in [-0.2, 0) is 6.54 Å². The Morgan fingerprint density at radius 3 is 2.88 bits per heavy atom. The highest BCUT2D eigenvalue weighted by molar-refractivity contribution is 7.09. The molecular formula is C18H22N4OS. The number of amides is 1. The van der Waals surface area contributed by atoms with Crippen molar-refractivity contribution < 1.29 is 4.79 Å². The third kappa shape index (κ3) is 3.33. The molecule has 0 N–H and O–H groups in total. The summed E-state index contributed by atoms with van der Waals surface area (Å²) in [6, 6.07) is 5.97. The van der Waals surface area contributed by atoms with Gasteiger partial charge in [-0.15, -0.1) is 11.3 Å². The zero-order valence-corrected chi connectivity index (χ0v) is 15.3. The van der Waals surface area contributed by atoms with E-state index in [1.54, 1.807) is 22.4 Å². The number of pyridine rings is 1. The third-order valence-electron chi connectivity index (χ3n) is 3.84. The van der Waals surface area contributed by atoms with E-state index in [-0.39, 0.29) is 5.91 Å². The molecule has 0 aromatic carbocycles. The maximum atomic E-state index is 12.8. The van der Waals surface area contributed by atoms with E-state index >= 15 is 0 Å². The van der Waals surface area contributed by atoms with Crippen LogP contribution in [0.2, 0.25) is 0 Å². The molecule has 0 saturated heterocycles. The molecule has 0 spiro atoms. The van der Waals surface area contributed by atoms with Crippen molar-refractivity contribution in [2.45, 2.75) is 27.3 Å². The average molecular weight is 342 g/mol. The highest BCUT2D eigenvalue weighted by Gasteiger charge is 2.19. The molecule has 3 aromatic heterocycles. The molecular weight excluding hydrogens is 320 g/mol. The number of thiophene rings is 1. The molecule has 0 atom stereocenters. The van der Waals surface area contributed by atoms with E-state index in [1.807, 2.05) is 30.8 Å². The van der Waals surface area contributed by atoms with Gasteiger partial charge in [0.05, 0.1) is 23.7 Å². The van der Waals surface area contributed by atoms with Crippen LogP contribution in [0.5, 0.6) is 0 Å². The van der Waals surface area contributed by atoms with E-state index in [0.717, 1.165) is 23.3 Å². The second-order valence-corrected chi connectivity index (χ2v) is 7.54. The Morgan fingerprint density at radius 1 is 1.42 bits per heavy atom. The summed E-state index contributed by atoms with van der Waals surface area (Å²) in [6.45, 7) is 7.53. The van der Waals surface area contributed by atoms with E-state index in [2.05, 4.69) is 35.4 Å². The van der Waals surface area contributed by atoms with Gasteiger partial charge in [-0.25, -0.2) is 9.67 Å². The first kappa shape index (κ1) is 16.6. The molecule has 0 saturated carbocycles. The first-order chi connectivity index (χ1) is 11.5. The number of fused-ring (bicyclic) bond motifs is 1. The van der Waals surface area contributed by atoms with Gasteiger partial charge >= 0.3 is 0 Å². The Morgan fingerprint density at radius 2 is 2.21 bits per heavy atom. The fraction of sp³-hybridized carbons (Fsp3) is 0.389. The third-order valence-corrected chi connectivity index (χ3v) is 4.70. The van der Waals surface area contributed by atoms with Gasteiger partial charge < -0.3 is 4.90 Å². The lowest BCUT2D eigenvalue weighted by Crippen LogP contribution is -2.30. The summed E-state index contributed by atoms with van der Waals surface area (Å²) in [5.74, 6) is 0.453. The van der Waals surface area contributed by atoms with Gasteiger partial charge in [-0.1, -0.05) is 19.9 Å². The Balaban J connectivity index is 2.00. The quantitative estimate of drug-likeness (QED) is 0.712. The Bertz CT molecular complexity index is 851. The van der Waals surface area contributed by atoms with Crippen LogP contribution in [0.3, 0.4) is 0 Å². The minimum absolute atomic E-state index is 0.0230. The van der Waals surface area contributed by atoms with E-state index in [4.69, 9.17) is 0 Å². The Kier molecular flexibility index (Phi) is 4.66. The number of hydrogen-bond acceptors (Lipinski definition) is 4. The molecule has 3 aromatic rings. The second-order valence-electron chi connectivity index (χ2n) is 6.51. The van der Waals surface area contributed by atoms with Gasteiger partial charge in [0.2, 0.25) is 0 Å². The molecule has 6 heteroatoms. The topological polar surface area (TPSA) is 51.0 Å². The van der Waals surface area contributed by atoms with Gasteiger partial charge in [-0.05, 0) is 30.4 Å². The van der Waals surface area contributed by atoms with Crippen molar-refractivity contribution in [3.05, 3.63) is 45.9 Å². The van der Waals surface area contributed by atoms with Crippen molar-refractivity contribution in [2.75, 3.05) is 13.6 Å². The van der Waals surface area contributed by atoms with E-state index < -0.39 is 0 Å². The normalized spacial score (nSPS) is 11.4. The van der Waals surface area contributed by atoms with Gasteiger partial charge in [0.25, 0.3) is 5.91 Å². The summed E-state index contributed by atoms with van der Waals surface area (Å²) in [5.41, 5.74) is 2.28. The molecule has 5 nitrogen and oxygen atoms in total. The number of aromatic nitrogens is 3. The van der Waals surface area contributed by atoms with Crippen LogP contribution in [0.4, 0.5) is 0 Å². The van der Waals surface area contributed by atoms with Crippen LogP contribution in [0, 0.1) is 12.8 Å². The molecule has 0 aliphatic heterocycles. The molecule has 0 aliphatic rings. The summed E-state index contributed by atoms with van der Waals surface area (Å²) in [4.78, 5) is 20.4. The predicted octanol–water partition coefficient (Wildman–Crippen LogP) is 3.58. The van der Waals surface area contributed by atoms with Gasteiger partial charge in [0.15, 0.2) is 5.65 Å². The van der Waals surface area contributed by atoms with Crippen molar-refractivity contribution in [1.29, 1.82) is 0 Å². The van der Waals surface area contributed by atoms with Crippen molar-refractivity contribution >= 4 is 28.3 Å². The lowest BCUT2D eigenvalue weighted by Gasteiger charge is -2.20. The van der Waals surface area contributed by atoms with E-state index in [1.165, 1.54) is 4.88 Å². The Labute approximate surface area is 145 Å². The van der Waals surface area contributed by atoms with Crippen LogP contribution in [0.1, 0.15) is 34.8 Å². The first-order valence-electron chi connectivity index (χ1n) is 8.06. The van der Waals surface area contributed by atoms with Gasteiger partial charge in [0.1, 0.15) is 0 Å². The molecule has 126 valence electrons. The zero-order valence-electron chi connectivity index (χ0n) is 14.5.